The number of aliphatic hydroxyl groups is 2. The van der Waals surface area contributed by atoms with Gasteiger partial charge in [-0.3, -0.25) is 0 Å². The van der Waals surface area contributed by atoms with Crippen LogP contribution in [0.4, 0.5) is 13.2 Å². The van der Waals surface area contributed by atoms with Crippen LogP contribution in [-0.2, 0) is 0 Å². The van der Waals surface area contributed by atoms with Gasteiger partial charge in [-0.2, -0.15) is 13.2 Å². The van der Waals surface area contributed by atoms with Gasteiger partial charge in [0.15, 0.2) is 5.60 Å². The first-order valence-electron chi connectivity index (χ1n) is 12.8. The zero-order chi connectivity index (χ0) is 23.7. The maximum atomic E-state index is 13.5. The predicted molar refractivity (Wildman–Crippen MR) is 121 cm³/mol. The summed E-state index contributed by atoms with van der Waals surface area (Å²) >= 11 is 0. The van der Waals surface area contributed by atoms with Crippen LogP contribution in [0.3, 0.4) is 0 Å². The van der Waals surface area contributed by atoms with Crippen molar-refractivity contribution in [3.8, 4) is 0 Å². The van der Waals surface area contributed by atoms with Crippen LogP contribution < -0.4 is 0 Å². The van der Waals surface area contributed by atoms with Crippen molar-refractivity contribution in [3.05, 3.63) is 11.6 Å². The number of hydrogen-bond acceptors (Lipinski definition) is 2. The van der Waals surface area contributed by atoms with Crippen molar-refractivity contribution in [1.29, 1.82) is 0 Å². The molecule has 8 atom stereocenters. The van der Waals surface area contributed by atoms with E-state index in [1.54, 1.807) is 0 Å². The van der Waals surface area contributed by atoms with Crippen LogP contribution in [0.15, 0.2) is 11.6 Å². The Labute approximate surface area is 192 Å². The van der Waals surface area contributed by atoms with E-state index in [1.165, 1.54) is 12.8 Å². The molecule has 0 aromatic heterocycles. The van der Waals surface area contributed by atoms with Gasteiger partial charge >= 0.3 is 6.18 Å². The summed E-state index contributed by atoms with van der Waals surface area (Å²) in [6.07, 6.45) is 4.99. The molecule has 3 saturated carbocycles. The molecular weight excluding hydrogens is 413 g/mol. The molecule has 4 rings (SSSR count). The Morgan fingerprint density at radius 2 is 1.75 bits per heavy atom. The molecule has 32 heavy (non-hydrogen) atoms. The second kappa shape index (κ2) is 7.73. The Hall–Kier alpha value is -0.550. The van der Waals surface area contributed by atoms with Crippen molar-refractivity contribution < 1.29 is 23.4 Å². The summed E-state index contributed by atoms with van der Waals surface area (Å²) in [5.41, 5.74) is -2.22. The molecule has 0 amide bonds. The van der Waals surface area contributed by atoms with E-state index in [2.05, 4.69) is 26.8 Å². The first-order valence-corrected chi connectivity index (χ1v) is 12.8. The zero-order valence-corrected chi connectivity index (χ0v) is 20.6. The van der Waals surface area contributed by atoms with Crippen molar-refractivity contribution in [3.63, 3.8) is 0 Å². The molecule has 2 nitrogen and oxygen atoms in total. The molecule has 0 aromatic carbocycles. The van der Waals surface area contributed by atoms with E-state index >= 15 is 0 Å². The van der Waals surface area contributed by atoms with Crippen LogP contribution in [0, 0.1) is 40.4 Å². The fraction of sp³-hybridized carbons (Fsp3) is 0.926. The molecule has 0 aliphatic heterocycles. The van der Waals surface area contributed by atoms with Gasteiger partial charge in [-0.1, -0.05) is 32.4 Å². The topological polar surface area (TPSA) is 40.5 Å². The lowest BCUT2D eigenvalue weighted by Gasteiger charge is -2.59. The third-order valence-corrected chi connectivity index (χ3v) is 10.7. The van der Waals surface area contributed by atoms with Gasteiger partial charge in [-0.05, 0) is 112 Å². The minimum atomic E-state index is -4.56. The summed E-state index contributed by atoms with van der Waals surface area (Å²) in [5, 5.41) is 20.6. The van der Waals surface area contributed by atoms with Gasteiger partial charge in [0.1, 0.15) is 0 Å². The average molecular weight is 457 g/mol. The molecule has 184 valence electrons. The molecule has 4 unspecified atom stereocenters. The maximum Gasteiger partial charge on any atom is 0.417 e. The summed E-state index contributed by atoms with van der Waals surface area (Å²) < 4.78 is 40.6. The Bertz CT molecular complexity index is 753. The number of allylic oxidation sites excluding steroid dienone is 1. The smallest absolute Gasteiger partial charge is 0.390 e. The highest BCUT2D eigenvalue weighted by atomic mass is 19.4. The van der Waals surface area contributed by atoms with E-state index in [0.29, 0.717) is 41.4 Å². The fourth-order valence-electron chi connectivity index (χ4n) is 8.65. The maximum absolute atomic E-state index is 13.5. The van der Waals surface area contributed by atoms with E-state index in [4.69, 9.17) is 0 Å². The first-order chi connectivity index (χ1) is 14.6. The average Bonchev–Trinajstić information content (AvgIpc) is 3.02. The van der Waals surface area contributed by atoms with E-state index in [0.717, 1.165) is 37.7 Å². The molecule has 4 aliphatic rings. The SMILES string of the molecule is CC(CCC(C)(C)O)[C@H]1CCC2C3CC=C4C[C@](O)(C(F)(F)F)CC[C@]4(C)C3CC[C@@]21C. The van der Waals surface area contributed by atoms with Gasteiger partial charge in [0.25, 0.3) is 0 Å². The molecule has 5 heteroatoms. The van der Waals surface area contributed by atoms with Gasteiger partial charge in [0.2, 0.25) is 0 Å². The molecule has 0 aromatic rings. The van der Waals surface area contributed by atoms with E-state index in [1.807, 2.05) is 13.8 Å². The molecule has 0 radical (unpaired) electrons. The minimum Gasteiger partial charge on any atom is -0.390 e. The Morgan fingerprint density at radius 1 is 1.06 bits per heavy atom. The molecule has 0 saturated heterocycles. The van der Waals surface area contributed by atoms with Crippen molar-refractivity contribution in [2.75, 3.05) is 0 Å². The quantitative estimate of drug-likeness (QED) is 0.445. The van der Waals surface area contributed by atoms with Crippen LogP contribution in [0.1, 0.15) is 98.8 Å². The van der Waals surface area contributed by atoms with Crippen LogP contribution in [0.5, 0.6) is 0 Å². The lowest BCUT2D eigenvalue weighted by atomic mass is 9.46. The molecule has 0 bridgehead atoms. The highest BCUT2D eigenvalue weighted by Crippen LogP contribution is 2.68. The highest BCUT2D eigenvalue weighted by Gasteiger charge is 2.63. The molecule has 0 spiro atoms. The summed E-state index contributed by atoms with van der Waals surface area (Å²) in [5.74, 6) is 2.86. The van der Waals surface area contributed by atoms with Crippen molar-refractivity contribution >= 4 is 0 Å². The van der Waals surface area contributed by atoms with Crippen LogP contribution in [0.25, 0.3) is 0 Å². The van der Waals surface area contributed by atoms with Crippen molar-refractivity contribution in [1.82, 2.24) is 0 Å². The third-order valence-electron chi connectivity index (χ3n) is 10.7. The normalized spacial score (nSPS) is 45.5. The molecule has 0 heterocycles. The third kappa shape index (κ3) is 3.87. The largest absolute Gasteiger partial charge is 0.417 e. The van der Waals surface area contributed by atoms with Crippen LogP contribution >= 0.6 is 0 Å². The fourth-order valence-corrected chi connectivity index (χ4v) is 8.65. The highest BCUT2D eigenvalue weighted by molar-refractivity contribution is 5.28. The zero-order valence-electron chi connectivity index (χ0n) is 20.6. The lowest BCUT2D eigenvalue weighted by molar-refractivity contribution is -0.271. The van der Waals surface area contributed by atoms with Gasteiger partial charge in [0, 0.05) is 6.42 Å². The van der Waals surface area contributed by atoms with E-state index < -0.39 is 17.4 Å². The Balaban J connectivity index is 1.53. The number of fused-ring (bicyclic) bond motifs is 5. The number of hydrogen-bond donors (Lipinski definition) is 2. The first kappa shape index (κ1) is 24.6. The molecular formula is C27H43F3O2. The van der Waals surface area contributed by atoms with Crippen LogP contribution in [-0.4, -0.2) is 27.6 Å². The molecule has 2 N–H and O–H groups in total. The summed E-state index contributed by atoms with van der Waals surface area (Å²) in [4.78, 5) is 0. The number of halogens is 3. The van der Waals surface area contributed by atoms with Gasteiger partial charge in [-0.15, -0.1) is 0 Å². The minimum absolute atomic E-state index is 0.175. The predicted octanol–water partition coefficient (Wildman–Crippen LogP) is 7.05. The van der Waals surface area contributed by atoms with Gasteiger partial charge in [0.05, 0.1) is 5.60 Å². The standard InChI is InChI=1S/C27H43F3O2/c1-17(10-12-23(2,3)31)20-8-9-21-19-7-6-18-16-26(32,27(28,29)30)15-14-24(18,4)22(19)11-13-25(20,21)5/h6,17,19-22,31-32H,7-16H2,1-5H3/t17?,19?,20-,21?,22?,24+,25-,26+/m1/s1. The Morgan fingerprint density at radius 3 is 2.38 bits per heavy atom. The molecule has 3 fully saturated rings. The number of rotatable bonds is 4. The van der Waals surface area contributed by atoms with Crippen molar-refractivity contribution in [2.45, 2.75) is 116 Å². The molecule has 4 aliphatic carbocycles. The monoisotopic (exact) mass is 456 g/mol. The second-order valence-electron chi connectivity index (χ2n) is 13.0. The van der Waals surface area contributed by atoms with Gasteiger partial charge in [-0.25, -0.2) is 0 Å². The van der Waals surface area contributed by atoms with Gasteiger partial charge < -0.3 is 10.2 Å². The van der Waals surface area contributed by atoms with E-state index in [-0.39, 0.29) is 18.3 Å². The Kier molecular flexibility index (Phi) is 5.94. The van der Waals surface area contributed by atoms with E-state index in [9.17, 15) is 23.4 Å². The summed E-state index contributed by atoms with van der Waals surface area (Å²) in [6, 6.07) is 0. The number of alkyl halides is 3. The van der Waals surface area contributed by atoms with Crippen LogP contribution in [0.2, 0.25) is 0 Å². The van der Waals surface area contributed by atoms with Crippen molar-refractivity contribution in [2.24, 2.45) is 40.4 Å². The summed E-state index contributed by atoms with van der Waals surface area (Å²) in [7, 11) is 0. The second-order valence-corrected chi connectivity index (χ2v) is 13.0. The summed E-state index contributed by atoms with van der Waals surface area (Å²) in [6.45, 7) is 10.8. The lowest BCUT2D eigenvalue weighted by Crippen LogP contribution is -2.55.